The minimum absolute atomic E-state index is 0.360. The monoisotopic (exact) mass is 282 g/mol. The summed E-state index contributed by atoms with van der Waals surface area (Å²) < 4.78 is 10.4. The molecular weight excluding hydrogens is 260 g/mol. The number of ether oxygens (including phenoxy) is 2. The molecule has 1 aromatic rings. The molecule has 5 heteroatoms. The Morgan fingerprint density at radius 1 is 1.37 bits per heavy atom. The number of nitrogens with two attached hydrogens (primary N) is 1. The SMILES string of the molecule is CCN(CCOC)Cc1ccc(OC)c(C(N)=S)c1. The largest absolute Gasteiger partial charge is 0.496 e. The van der Waals surface area contributed by atoms with Gasteiger partial charge in [-0.15, -0.1) is 0 Å². The molecule has 0 spiro atoms. The lowest BCUT2D eigenvalue weighted by Gasteiger charge is -2.20. The first-order valence-electron chi connectivity index (χ1n) is 6.30. The van der Waals surface area contributed by atoms with E-state index >= 15 is 0 Å². The van der Waals surface area contributed by atoms with Crippen LogP contribution in [0.4, 0.5) is 0 Å². The van der Waals surface area contributed by atoms with Gasteiger partial charge in [0.25, 0.3) is 0 Å². The van der Waals surface area contributed by atoms with Crippen molar-refractivity contribution < 1.29 is 9.47 Å². The third kappa shape index (κ3) is 4.78. The molecule has 0 amide bonds. The first-order valence-corrected chi connectivity index (χ1v) is 6.71. The van der Waals surface area contributed by atoms with Crippen LogP contribution in [0.5, 0.6) is 5.75 Å². The Balaban J connectivity index is 2.83. The smallest absolute Gasteiger partial charge is 0.129 e. The molecule has 0 aliphatic carbocycles. The molecule has 0 bridgehead atoms. The van der Waals surface area contributed by atoms with Crippen LogP contribution < -0.4 is 10.5 Å². The van der Waals surface area contributed by atoms with Crippen LogP contribution >= 0.6 is 12.2 Å². The highest BCUT2D eigenvalue weighted by molar-refractivity contribution is 7.80. The second kappa shape index (κ2) is 8.09. The zero-order chi connectivity index (χ0) is 14.3. The number of thiocarbonyl (C=S) groups is 1. The van der Waals surface area contributed by atoms with Crippen LogP contribution in [0.15, 0.2) is 18.2 Å². The number of rotatable bonds is 8. The van der Waals surface area contributed by atoms with Gasteiger partial charge in [-0.1, -0.05) is 25.2 Å². The highest BCUT2D eigenvalue weighted by Crippen LogP contribution is 2.20. The predicted molar refractivity (Wildman–Crippen MR) is 81.7 cm³/mol. The van der Waals surface area contributed by atoms with Gasteiger partial charge in [0.2, 0.25) is 0 Å². The van der Waals surface area contributed by atoms with Crippen LogP contribution in [-0.2, 0) is 11.3 Å². The number of methoxy groups -OCH3 is 2. The Morgan fingerprint density at radius 2 is 2.11 bits per heavy atom. The van der Waals surface area contributed by atoms with Crippen LogP contribution in [-0.4, -0.2) is 43.8 Å². The number of nitrogens with zero attached hydrogens (tertiary/aromatic N) is 1. The standard InChI is InChI=1S/C14H22N2O2S/c1-4-16(7-8-17-2)10-11-5-6-13(18-3)12(9-11)14(15)19/h5-6,9H,4,7-8,10H2,1-3H3,(H2,15,19). The molecule has 2 N–H and O–H groups in total. The fourth-order valence-corrected chi connectivity index (χ4v) is 2.03. The molecule has 0 unspecified atom stereocenters. The normalized spacial score (nSPS) is 10.7. The van der Waals surface area contributed by atoms with Crippen molar-refractivity contribution in [2.75, 3.05) is 33.9 Å². The maximum Gasteiger partial charge on any atom is 0.129 e. The molecule has 1 rings (SSSR count). The summed E-state index contributed by atoms with van der Waals surface area (Å²) in [7, 11) is 3.33. The summed E-state index contributed by atoms with van der Waals surface area (Å²) in [6.07, 6.45) is 0. The summed E-state index contributed by atoms with van der Waals surface area (Å²) in [4.78, 5) is 2.66. The van der Waals surface area contributed by atoms with Crippen molar-refractivity contribution in [1.29, 1.82) is 0 Å². The van der Waals surface area contributed by atoms with Crippen molar-refractivity contribution in [1.82, 2.24) is 4.90 Å². The summed E-state index contributed by atoms with van der Waals surface area (Å²) in [5.41, 5.74) is 7.68. The van der Waals surface area contributed by atoms with E-state index < -0.39 is 0 Å². The van der Waals surface area contributed by atoms with Crippen molar-refractivity contribution in [2.24, 2.45) is 5.73 Å². The Hall–Kier alpha value is -1.17. The fraction of sp³-hybridized carbons (Fsp3) is 0.500. The number of benzene rings is 1. The van der Waals surface area contributed by atoms with Gasteiger partial charge in [-0.25, -0.2) is 0 Å². The average molecular weight is 282 g/mol. The van der Waals surface area contributed by atoms with Gasteiger partial charge in [-0.2, -0.15) is 0 Å². The van der Waals surface area contributed by atoms with E-state index in [4.69, 9.17) is 27.4 Å². The maximum absolute atomic E-state index is 5.72. The molecule has 0 heterocycles. The van der Waals surface area contributed by atoms with Gasteiger partial charge < -0.3 is 15.2 Å². The number of likely N-dealkylation sites (N-methyl/N-ethyl adjacent to an activating group) is 1. The summed E-state index contributed by atoms with van der Waals surface area (Å²) in [5, 5.41) is 0. The Labute approximate surface area is 120 Å². The minimum Gasteiger partial charge on any atom is -0.496 e. The zero-order valence-corrected chi connectivity index (χ0v) is 12.6. The molecule has 0 atom stereocenters. The van der Waals surface area contributed by atoms with Gasteiger partial charge in [-0.3, -0.25) is 4.90 Å². The van der Waals surface area contributed by atoms with Gasteiger partial charge in [-0.05, 0) is 24.2 Å². The third-order valence-electron chi connectivity index (χ3n) is 2.99. The highest BCUT2D eigenvalue weighted by Gasteiger charge is 2.09. The van der Waals surface area contributed by atoms with Gasteiger partial charge in [0.15, 0.2) is 0 Å². The molecule has 106 valence electrons. The molecule has 0 saturated carbocycles. The molecule has 0 saturated heterocycles. The molecule has 4 nitrogen and oxygen atoms in total. The summed E-state index contributed by atoms with van der Waals surface area (Å²) in [6.45, 7) is 5.58. The Kier molecular flexibility index (Phi) is 6.77. The summed E-state index contributed by atoms with van der Waals surface area (Å²) in [6, 6.07) is 5.95. The first-order chi connectivity index (χ1) is 9.12. The van der Waals surface area contributed by atoms with Crippen molar-refractivity contribution >= 4 is 17.2 Å². The van der Waals surface area contributed by atoms with E-state index in [2.05, 4.69) is 11.8 Å². The third-order valence-corrected chi connectivity index (χ3v) is 3.21. The first kappa shape index (κ1) is 15.9. The fourth-order valence-electron chi connectivity index (χ4n) is 1.87. The van der Waals surface area contributed by atoms with Crippen molar-refractivity contribution in [3.63, 3.8) is 0 Å². The zero-order valence-electron chi connectivity index (χ0n) is 11.8. The summed E-state index contributed by atoms with van der Waals surface area (Å²) >= 11 is 5.05. The van der Waals surface area contributed by atoms with E-state index in [0.29, 0.717) is 4.99 Å². The van der Waals surface area contributed by atoms with Crippen molar-refractivity contribution in [3.05, 3.63) is 29.3 Å². The molecule has 0 fully saturated rings. The Morgan fingerprint density at radius 3 is 2.63 bits per heavy atom. The quantitative estimate of drug-likeness (QED) is 0.737. The van der Waals surface area contributed by atoms with Crippen LogP contribution in [0.25, 0.3) is 0 Å². The van der Waals surface area contributed by atoms with Crippen LogP contribution in [0.1, 0.15) is 18.1 Å². The topological polar surface area (TPSA) is 47.7 Å². The molecule has 1 aromatic carbocycles. The molecule has 0 aliphatic rings. The molecule has 0 radical (unpaired) electrons. The molecule has 19 heavy (non-hydrogen) atoms. The Bertz CT molecular complexity index is 424. The highest BCUT2D eigenvalue weighted by atomic mass is 32.1. The minimum atomic E-state index is 0.360. The molecular formula is C14H22N2O2S. The van der Waals surface area contributed by atoms with Gasteiger partial charge in [0.05, 0.1) is 19.3 Å². The van der Waals surface area contributed by atoms with E-state index in [9.17, 15) is 0 Å². The van der Waals surface area contributed by atoms with E-state index in [0.717, 1.165) is 37.6 Å². The van der Waals surface area contributed by atoms with Crippen LogP contribution in [0.2, 0.25) is 0 Å². The lowest BCUT2D eigenvalue weighted by atomic mass is 10.1. The van der Waals surface area contributed by atoms with Gasteiger partial charge >= 0.3 is 0 Å². The average Bonchev–Trinajstić information content (AvgIpc) is 2.43. The van der Waals surface area contributed by atoms with Gasteiger partial charge in [0, 0.05) is 20.2 Å². The van der Waals surface area contributed by atoms with E-state index in [1.807, 2.05) is 18.2 Å². The van der Waals surface area contributed by atoms with E-state index in [1.165, 1.54) is 5.56 Å². The second-order valence-corrected chi connectivity index (χ2v) is 4.70. The number of hydrogen-bond acceptors (Lipinski definition) is 4. The summed E-state index contributed by atoms with van der Waals surface area (Å²) in [5.74, 6) is 0.719. The van der Waals surface area contributed by atoms with Crippen LogP contribution in [0, 0.1) is 0 Å². The molecule has 0 aliphatic heterocycles. The van der Waals surface area contributed by atoms with E-state index in [1.54, 1.807) is 14.2 Å². The van der Waals surface area contributed by atoms with Gasteiger partial charge in [0.1, 0.15) is 10.7 Å². The maximum atomic E-state index is 5.72. The number of hydrogen-bond donors (Lipinski definition) is 1. The van der Waals surface area contributed by atoms with Crippen molar-refractivity contribution in [2.45, 2.75) is 13.5 Å². The van der Waals surface area contributed by atoms with E-state index in [-0.39, 0.29) is 0 Å². The lowest BCUT2D eigenvalue weighted by Crippen LogP contribution is -2.26. The lowest BCUT2D eigenvalue weighted by molar-refractivity contribution is 0.147. The predicted octanol–water partition coefficient (Wildman–Crippen LogP) is 1.80. The van der Waals surface area contributed by atoms with Crippen LogP contribution in [0.3, 0.4) is 0 Å². The van der Waals surface area contributed by atoms with Crippen molar-refractivity contribution in [3.8, 4) is 5.75 Å². The second-order valence-electron chi connectivity index (χ2n) is 4.26. The molecule has 0 aromatic heterocycles.